The number of esters is 1. The van der Waals surface area contributed by atoms with E-state index in [9.17, 15) is 35.1 Å². The molecule has 11 heteroatoms. The average Bonchev–Trinajstić information content (AvgIpc) is 3.65. The molecule has 11 nitrogen and oxygen atoms in total. The zero-order valence-electron chi connectivity index (χ0n) is 29.7. The third-order valence-corrected chi connectivity index (χ3v) is 15.6. The molecule has 5 N–H and O–H groups in total. The van der Waals surface area contributed by atoms with Gasteiger partial charge in [0.2, 0.25) is 0 Å². The molecule has 272 valence electrons. The minimum atomic E-state index is -1.40. The van der Waals surface area contributed by atoms with Gasteiger partial charge < -0.3 is 44.5 Å². The monoisotopic (exact) mass is 678 g/mol. The number of rotatable bonds is 6. The fourth-order valence-electron chi connectivity index (χ4n) is 13.3. The second kappa shape index (κ2) is 11.2. The fraction of sp³-hybridized carbons (Fsp3) is 0.946. The number of aliphatic hydroxyl groups excluding tert-OH is 4. The van der Waals surface area contributed by atoms with E-state index in [1.165, 1.54) is 6.92 Å². The van der Waals surface area contributed by atoms with Gasteiger partial charge in [0.15, 0.2) is 18.2 Å². The topological polar surface area (TPSA) is 172 Å². The van der Waals surface area contributed by atoms with E-state index in [1.54, 1.807) is 13.8 Å². The van der Waals surface area contributed by atoms with Crippen LogP contribution in [0.2, 0.25) is 0 Å². The Morgan fingerprint density at radius 3 is 2.31 bits per heavy atom. The van der Waals surface area contributed by atoms with Crippen LogP contribution in [0.25, 0.3) is 0 Å². The van der Waals surface area contributed by atoms with E-state index in [0.717, 1.165) is 44.9 Å². The summed E-state index contributed by atoms with van der Waals surface area (Å²) in [4.78, 5) is 27.0. The summed E-state index contributed by atoms with van der Waals surface area (Å²) < 4.78 is 24.3. The molecule has 5 saturated carbocycles. The van der Waals surface area contributed by atoms with Gasteiger partial charge in [0.25, 0.3) is 0 Å². The number of Topliss-reactive ketones (excluding diaryl/α,β-unsaturated/α-hetero) is 1. The van der Waals surface area contributed by atoms with Gasteiger partial charge in [-0.05, 0) is 105 Å². The van der Waals surface area contributed by atoms with Crippen LogP contribution >= 0.6 is 0 Å². The van der Waals surface area contributed by atoms with Gasteiger partial charge in [-0.15, -0.1) is 0 Å². The zero-order chi connectivity index (χ0) is 35.0. The zero-order valence-corrected chi connectivity index (χ0v) is 29.7. The molecule has 2 saturated heterocycles. The first kappa shape index (κ1) is 35.2. The van der Waals surface area contributed by atoms with Crippen molar-refractivity contribution in [1.82, 2.24) is 0 Å². The smallest absolute Gasteiger partial charge is 0.303 e. The highest BCUT2D eigenvalue weighted by atomic mass is 16.7. The van der Waals surface area contributed by atoms with Crippen LogP contribution in [-0.2, 0) is 28.5 Å². The summed E-state index contributed by atoms with van der Waals surface area (Å²) in [5.41, 5.74) is -2.56. The summed E-state index contributed by atoms with van der Waals surface area (Å²) in [7, 11) is 0. The third kappa shape index (κ3) is 4.53. The molecule has 0 aromatic heterocycles. The molecule has 7 aliphatic rings. The van der Waals surface area contributed by atoms with Crippen LogP contribution in [0.4, 0.5) is 0 Å². The first-order valence-electron chi connectivity index (χ1n) is 18.3. The number of hydrogen-bond donors (Lipinski definition) is 5. The Morgan fingerprint density at radius 1 is 1.00 bits per heavy atom. The van der Waals surface area contributed by atoms with E-state index in [2.05, 4.69) is 27.7 Å². The molecule has 0 bridgehead atoms. The number of ether oxygens (including phenoxy) is 4. The molecule has 0 radical (unpaired) electrons. The van der Waals surface area contributed by atoms with E-state index in [0.29, 0.717) is 12.3 Å². The van der Waals surface area contributed by atoms with Crippen LogP contribution in [0.15, 0.2) is 0 Å². The molecule has 2 spiro atoms. The minimum absolute atomic E-state index is 0.0260. The van der Waals surface area contributed by atoms with Gasteiger partial charge in [-0.25, -0.2) is 0 Å². The fourth-order valence-corrected chi connectivity index (χ4v) is 13.3. The largest absolute Gasteiger partial charge is 0.457 e. The van der Waals surface area contributed by atoms with Crippen LogP contribution in [-0.4, -0.2) is 105 Å². The summed E-state index contributed by atoms with van der Waals surface area (Å²) >= 11 is 0. The Bertz CT molecular complexity index is 1310. The highest BCUT2D eigenvalue weighted by molar-refractivity contribution is 5.93. The average molecular weight is 679 g/mol. The van der Waals surface area contributed by atoms with Crippen LogP contribution in [0.5, 0.6) is 0 Å². The van der Waals surface area contributed by atoms with Gasteiger partial charge in [-0.1, -0.05) is 27.7 Å². The van der Waals surface area contributed by atoms with Gasteiger partial charge in [0, 0.05) is 24.9 Å². The lowest BCUT2D eigenvalue weighted by atomic mass is 9.41. The first-order valence-corrected chi connectivity index (χ1v) is 18.3. The molecule has 0 aromatic rings. The van der Waals surface area contributed by atoms with E-state index in [-0.39, 0.29) is 64.5 Å². The van der Waals surface area contributed by atoms with Gasteiger partial charge in [-0.2, -0.15) is 0 Å². The summed E-state index contributed by atoms with van der Waals surface area (Å²) in [6, 6.07) is 0. The van der Waals surface area contributed by atoms with Crippen molar-refractivity contribution in [2.45, 2.75) is 154 Å². The minimum Gasteiger partial charge on any atom is -0.457 e. The molecule has 0 aromatic carbocycles. The Morgan fingerprint density at radius 2 is 1.67 bits per heavy atom. The van der Waals surface area contributed by atoms with E-state index in [4.69, 9.17) is 18.9 Å². The standard InChI is InChI=1S/C37H58O11/c1-18(39)46-30(33(4,5)44)21-14-19(15-38)25-28(47-21)29(43)35(7)23-9-8-22-32(2,3)24(48-31-27(42)26(41)20(40)16-45-31)10-11-36(22)17-37(23,36)13-12-34(25,35)6/h19-28,30-31,38,40-42,44H,8-17H2,1-7H3/t19-,20+,21-,22-,23-,24-,25-,26-,27+,28+,30-,31-,34+,35+,36+,37-/m0/s1. The molecule has 7 fully saturated rings. The second-order valence-corrected chi connectivity index (χ2v) is 18.4. The molecular weight excluding hydrogens is 620 g/mol. The highest BCUT2D eigenvalue weighted by Crippen LogP contribution is 2.89. The first-order chi connectivity index (χ1) is 22.3. The normalized spacial score (nSPS) is 53.0. The number of ketones is 1. The van der Waals surface area contributed by atoms with Gasteiger partial charge >= 0.3 is 5.97 Å². The summed E-state index contributed by atoms with van der Waals surface area (Å²) in [5.74, 6) is -0.306. The van der Waals surface area contributed by atoms with Gasteiger partial charge in [0.1, 0.15) is 24.4 Å². The predicted octanol–water partition coefficient (Wildman–Crippen LogP) is 2.51. The second-order valence-electron chi connectivity index (χ2n) is 18.4. The summed E-state index contributed by atoms with van der Waals surface area (Å²) in [5, 5.41) is 52.6. The molecule has 0 unspecified atom stereocenters. The maximum Gasteiger partial charge on any atom is 0.303 e. The predicted molar refractivity (Wildman–Crippen MR) is 171 cm³/mol. The number of aliphatic hydroxyl groups is 5. The highest BCUT2D eigenvalue weighted by Gasteiger charge is 2.85. The van der Waals surface area contributed by atoms with Crippen LogP contribution in [0.1, 0.15) is 99.8 Å². The van der Waals surface area contributed by atoms with Crippen molar-refractivity contribution in [3.8, 4) is 0 Å². The van der Waals surface area contributed by atoms with Crippen molar-refractivity contribution < 1.29 is 54.1 Å². The van der Waals surface area contributed by atoms with Gasteiger partial charge in [-0.3, -0.25) is 9.59 Å². The molecule has 7 rings (SSSR count). The van der Waals surface area contributed by atoms with Crippen molar-refractivity contribution >= 4 is 11.8 Å². The lowest BCUT2D eigenvalue weighted by Gasteiger charge is -2.62. The molecule has 0 amide bonds. The summed E-state index contributed by atoms with van der Waals surface area (Å²) in [6.45, 7) is 13.2. The summed E-state index contributed by atoms with van der Waals surface area (Å²) in [6.07, 6.45) is -0.462. The number of carbonyl (C=O) groups excluding carboxylic acids is 2. The molecule has 5 aliphatic carbocycles. The number of hydrogen-bond acceptors (Lipinski definition) is 11. The molecule has 2 aliphatic heterocycles. The van der Waals surface area contributed by atoms with Crippen molar-refractivity contribution in [1.29, 1.82) is 0 Å². The van der Waals surface area contributed by atoms with Crippen LogP contribution in [0.3, 0.4) is 0 Å². The maximum absolute atomic E-state index is 15.0. The van der Waals surface area contributed by atoms with Crippen molar-refractivity contribution in [2.24, 2.45) is 50.7 Å². The van der Waals surface area contributed by atoms with Gasteiger partial charge in [0.05, 0.1) is 24.4 Å². The lowest BCUT2D eigenvalue weighted by molar-refractivity contribution is -0.302. The Kier molecular flexibility index (Phi) is 8.19. The Balaban J connectivity index is 1.16. The van der Waals surface area contributed by atoms with Crippen molar-refractivity contribution in [3.05, 3.63) is 0 Å². The molecule has 48 heavy (non-hydrogen) atoms. The van der Waals surface area contributed by atoms with Crippen LogP contribution < -0.4 is 0 Å². The molecule has 2 heterocycles. The Hall–Kier alpha value is -1.18. The number of carbonyl (C=O) groups is 2. The molecular formula is C37H58O11. The quantitative estimate of drug-likeness (QED) is 0.207. The van der Waals surface area contributed by atoms with E-state index < -0.39 is 59.9 Å². The SMILES string of the molecule is CC(=O)O[C@@H]([C@@H]1C[C@@H](CO)[C@H]2[C@@H](O1)C(=O)[C@@]1(C)[C@@H]3CC[C@H]4C(C)(C)[C@@H](O[C@@H]5OC[C@@H](O)[C@H](O)[C@H]5O)CC[C@@]45C[C@@]35CC[C@]21C)C(C)(C)O. The van der Waals surface area contributed by atoms with Crippen molar-refractivity contribution in [2.75, 3.05) is 13.2 Å². The lowest BCUT2D eigenvalue weighted by Crippen LogP contribution is -2.60. The van der Waals surface area contributed by atoms with Crippen LogP contribution in [0, 0.1) is 50.7 Å². The Labute approximate surface area is 284 Å². The van der Waals surface area contributed by atoms with E-state index in [1.807, 2.05) is 0 Å². The van der Waals surface area contributed by atoms with Crippen molar-refractivity contribution in [3.63, 3.8) is 0 Å². The molecule has 16 atom stereocenters. The maximum atomic E-state index is 15.0. The third-order valence-electron chi connectivity index (χ3n) is 15.6. The number of fused-ring (bicyclic) bond motifs is 4. The van der Waals surface area contributed by atoms with E-state index >= 15 is 0 Å².